The number of ether oxygens (including phenoxy) is 2. The first kappa shape index (κ1) is 17.5. The Balaban J connectivity index is 1.95. The molecule has 0 spiro atoms. The summed E-state index contributed by atoms with van der Waals surface area (Å²) in [7, 11) is 1.38. The molecule has 0 unspecified atom stereocenters. The molecular formula is C19H25N3O3S. The minimum Gasteiger partial charge on any atom is -0.465 e. The maximum Gasteiger partial charge on any atom is 0.350 e. The number of hydrogen-bond acceptors (Lipinski definition) is 7. The molecule has 2 aromatic heterocycles. The predicted molar refractivity (Wildman–Crippen MR) is 104 cm³/mol. The Labute approximate surface area is 157 Å². The molecule has 0 aliphatic carbocycles. The van der Waals surface area contributed by atoms with Gasteiger partial charge in [-0.3, -0.25) is 0 Å². The molecule has 0 atom stereocenters. The van der Waals surface area contributed by atoms with E-state index in [0.29, 0.717) is 17.2 Å². The summed E-state index contributed by atoms with van der Waals surface area (Å²) in [5.74, 6) is 0.602. The number of fused-ring (bicyclic) bond motifs is 3. The smallest absolute Gasteiger partial charge is 0.350 e. The molecule has 2 aliphatic rings. The van der Waals surface area contributed by atoms with Crippen LogP contribution < -0.4 is 10.6 Å². The molecule has 7 heteroatoms. The maximum absolute atomic E-state index is 12.1. The highest BCUT2D eigenvalue weighted by Gasteiger charge is 2.34. The van der Waals surface area contributed by atoms with Crippen molar-refractivity contribution < 1.29 is 14.3 Å². The number of carbonyl (C=O) groups excluding carboxylic acids is 1. The highest BCUT2D eigenvalue weighted by atomic mass is 32.1. The fraction of sp³-hybridized carbons (Fsp3) is 0.579. The fourth-order valence-electron chi connectivity index (χ4n) is 3.95. The Morgan fingerprint density at radius 3 is 2.69 bits per heavy atom. The zero-order valence-corrected chi connectivity index (χ0v) is 16.4. The van der Waals surface area contributed by atoms with Crippen molar-refractivity contribution in [3.8, 4) is 0 Å². The first-order valence-electron chi connectivity index (χ1n) is 9.12. The minimum absolute atomic E-state index is 0.264. The molecular weight excluding hydrogens is 350 g/mol. The lowest BCUT2D eigenvalue weighted by atomic mass is 9.89. The molecule has 2 aliphatic heterocycles. The van der Waals surface area contributed by atoms with Crippen LogP contribution in [0.15, 0.2) is 0 Å². The van der Waals surface area contributed by atoms with Crippen LogP contribution in [0, 0.1) is 0 Å². The highest BCUT2D eigenvalue weighted by molar-refractivity contribution is 7.21. The van der Waals surface area contributed by atoms with Gasteiger partial charge in [-0.25, -0.2) is 9.78 Å². The van der Waals surface area contributed by atoms with Crippen LogP contribution >= 0.6 is 11.3 Å². The van der Waals surface area contributed by atoms with E-state index >= 15 is 0 Å². The number of aromatic nitrogens is 1. The molecule has 140 valence electrons. The normalized spacial score (nSPS) is 19.4. The summed E-state index contributed by atoms with van der Waals surface area (Å²) in [6.07, 6.45) is 4.38. The number of nitrogen functional groups attached to an aromatic ring is 1. The van der Waals surface area contributed by atoms with E-state index in [0.717, 1.165) is 41.1 Å². The number of esters is 1. The van der Waals surface area contributed by atoms with Crippen LogP contribution in [0.5, 0.6) is 0 Å². The van der Waals surface area contributed by atoms with Gasteiger partial charge in [0, 0.05) is 30.5 Å². The monoisotopic (exact) mass is 375 g/mol. The van der Waals surface area contributed by atoms with Gasteiger partial charge in [0.15, 0.2) is 0 Å². The number of nitrogens with zero attached hydrogens (tertiary/aromatic N) is 2. The number of anilines is 2. The molecule has 1 fully saturated rings. The van der Waals surface area contributed by atoms with E-state index < -0.39 is 5.97 Å². The lowest BCUT2D eigenvalue weighted by Gasteiger charge is -2.36. The largest absolute Gasteiger partial charge is 0.465 e. The average Bonchev–Trinajstić information content (AvgIpc) is 2.97. The van der Waals surface area contributed by atoms with Crippen molar-refractivity contribution in [3.05, 3.63) is 16.0 Å². The van der Waals surface area contributed by atoms with Crippen LogP contribution in [0.1, 0.15) is 53.9 Å². The first-order valence-corrected chi connectivity index (χ1v) is 9.94. The molecule has 2 N–H and O–H groups in total. The number of nitrogens with two attached hydrogens (primary N) is 1. The second-order valence-electron chi connectivity index (χ2n) is 7.68. The summed E-state index contributed by atoms with van der Waals surface area (Å²) in [4.78, 5) is 20.7. The molecule has 0 radical (unpaired) electrons. The van der Waals surface area contributed by atoms with Gasteiger partial charge in [-0.15, -0.1) is 11.3 Å². The van der Waals surface area contributed by atoms with Crippen molar-refractivity contribution in [3.63, 3.8) is 0 Å². The quantitative estimate of drug-likeness (QED) is 0.810. The van der Waals surface area contributed by atoms with Crippen molar-refractivity contribution in [1.82, 2.24) is 4.98 Å². The van der Waals surface area contributed by atoms with Gasteiger partial charge >= 0.3 is 5.97 Å². The van der Waals surface area contributed by atoms with Crippen LogP contribution in [0.25, 0.3) is 10.2 Å². The molecule has 1 saturated heterocycles. The number of thiophene rings is 1. The number of pyridine rings is 1. The summed E-state index contributed by atoms with van der Waals surface area (Å²) in [6, 6.07) is 0. The van der Waals surface area contributed by atoms with Gasteiger partial charge < -0.3 is 20.1 Å². The second-order valence-corrected chi connectivity index (χ2v) is 8.68. The van der Waals surface area contributed by atoms with E-state index in [9.17, 15) is 4.79 Å². The van der Waals surface area contributed by atoms with Crippen LogP contribution in [0.3, 0.4) is 0 Å². The zero-order chi connectivity index (χ0) is 18.5. The minimum atomic E-state index is -0.398. The summed E-state index contributed by atoms with van der Waals surface area (Å²) < 4.78 is 11.0. The third-order valence-corrected chi connectivity index (χ3v) is 6.39. The van der Waals surface area contributed by atoms with Gasteiger partial charge in [0.25, 0.3) is 0 Å². The van der Waals surface area contributed by atoms with E-state index in [1.165, 1.54) is 43.3 Å². The van der Waals surface area contributed by atoms with Crippen molar-refractivity contribution in [1.29, 1.82) is 0 Å². The molecule has 4 rings (SSSR count). The van der Waals surface area contributed by atoms with Crippen molar-refractivity contribution in [2.24, 2.45) is 0 Å². The SMILES string of the molecule is COC(=O)c1sc2nc(N3CCCCC3)c3c(c2c1N)CC(C)(C)OC3. The molecule has 6 nitrogen and oxygen atoms in total. The van der Waals surface area contributed by atoms with Gasteiger partial charge in [-0.1, -0.05) is 0 Å². The average molecular weight is 375 g/mol. The number of methoxy groups -OCH3 is 1. The van der Waals surface area contributed by atoms with Crippen molar-refractivity contribution in [2.75, 3.05) is 30.8 Å². The zero-order valence-electron chi connectivity index (χ0n) is 15.6. The van der Waals surface area contributed by atoms with E-state index in [1.807, 2.05) is 0 Å². The summed E-state index contributed by atoms with van der Waals surface area (Å²) in [6.45, 7) is 6.73. The Kier molecular flexibility index (Phi) is 4.31. The number of hydrogen-bond donors (Lipinski definition) is 1. The summed E-state index contributed by atoms with van der Waals surface area (Å²) >= 11 is 1.33. The molecule has 0 saturated carbocycles. The molecule has 0 aromatic carbocycles. The van der Waals surface area contributed by atoms with Crippen molar-refractivity contribution >= 4 is 39.0 Å². The number of piperidine rings is 1. The van der Waals surface area contributed by atoms with Gasteiger partial charge in [0.2, 0.25) is 0 Å². The Hall–Kier alpha value is -1.86. The first-order chi connectivity index (χ1) is 12.4. The number of rotatable bonds is 2. The number of carbonyl (C=O) groups is 1. The van der Waals surface area contributed by atoms with Crippen LogP contribution in [0.2, 0.25) is 0 Å². The topological polar surface area (TPSA) is 77.7 Å². The van der Waals surface area contributed by atoms with Crippen molar-refractivity contribution in [2.45, 2.75) is 51.7 Å². The van der Waals surface area contributed by atoms with Gasteiger partial charge in [0.1, 0.15) is 15.5 Å². The van der Waals surface area contributed by atoms with E-state index in [-0.39, 0.29) is 5.60 Å². The molecule has 4 heterocycles. The van der Waals surface area contributed by atoms with E-state index in [1.54, 1.807) is 0 Å². The fourth-order valence-corrected chi connectivity index (χ4v) is 4.99. The molecule has 26 heavy (non-hydrogen) atoms. The Morgan fingerprint density at radius 1 is 1.27 bits per heavy atom. The van der Waals surface area contributed by atoms with Crippen LogP contribution in [-0.4, -0.2) is 36.8 Å². The van der Waals surface area contributed by atoms with Gasteiger partial charge in [-0.05, 0) is 38.7 Å². The molecule has 0 bridgehead atoms. The highest BCUT2D eigenvalue weighted by Crippen LogP contribution is 2.44. The molecule has 2 aromatic rings. The second kappa shape index (κ2) is 6.39. The van der Waals surface area contributed by atoms with Gasteiger partial charge in [-0.2, -0.15) is 0 Å². The Morgan fingerprint density at radius 2 is 2.00 bits per heavy atom. The van der Waals surface area contributed by atoms with E-state index in [2.05, 4.69) is 18.7 Å². The summed E-state index contributed by atoms with van der Waals surface area (Å²) in [5, 5.41) is 0.905. The third kappa shape index (κ3) is 2.83. The lowest BCUT2D eigenvalue weighted by molar-refractivity contribution is -0.0395. The lowest BCUT2D eigenvalue weighted by Crippen LogP contribution is -2.36. The molecule has 0 amide bonds. The summed E-state index contributed by atoms with van der Waals surface area (Å²) in [5.41, 5.74) is 8.90. The Bertz CT molecular complexity index is 869. The van der Waals surface area contributed by atoms with Crippen LogP contribution in [0.4, 0.5) is 11.5 Å². The predicted octanol–water partition coefficient (Wildman–Crippen LogP) is 3.51. The van der Waals surface area contributed by atoms with E-state index in [4.69, 9.17) is 20.2 Å². The maximum atomic E-state index is 12.1. The van der Waals surface area contributed by atoms with Crippen LogP contribution in [-0.2, 0) is 22.5 Å². The standard InChI is InChI=1S/C19H25N3O3S/c1-19(2)9-11-12(10-25-19)16(22-7-5-4-6-8-22)21-17-13(11)14(20)15(26-17)18(23)24-3/h4-10,20H2,1-3H3. The van der Waals surface area contributed by atoms with Gasteiger partial charge in [0.05, 0.1) is 25.0 Å². The third-order valence-electron chi connectivity index (χ3n) is 5.31.